The number of nitrogens with zero attached hydrogens (tertiary/aromatic N) is 1. The van der Waals surface area contributed by atoms with Crippen LogP contribution in [0.25, 0.3) is 11.1 Å². The number of aromatic nitrogens is 1. The van der Waals surface area contributed by atoms with Gasteiger partial charge in [0, 0.05) is 11.1 Å². The largest absolute Gasteiger partial charge is 0.439 e. The first kappa shape index (κ1) is 9.49. The van der Waals surface area contributed by atoms with Crippen molar-refractivity contribution < 1.29 is 4.42 Å². The summed E-state index contributed by atoms with van der Waals surface area (Å²) < 4.78 is 5.49. The third-order valence-electron chi connectivity index (χ3n) is 1.90. The molecule has 2 rings (SSSR count). The van der Waals surface area contributed by atoms with Crippen molar-refractivity contribution in [2.75, 3.05) is 0 Å². The standard InChI is InChI=1S/C10H11ClN2O/c1-10(2,12)9-13-7-4-3-6(11)5-8(7)14-9/h3-5H,12H2,1-2H3. The van der Waals surface area contributed by atoms with Crippen molar-refractivity contribution >= 4 is 22.7 Å². The molecule has 74 valence electrons. The van der Waals surface area contributed by atoms with E-state index in [4.69, 9.17) is 21.8 Å². The number of hydrogen-bond acceptors (Lipinski definition) is 3. The van der Waals surface area contributed by atoms with E-state index in [1.54, 1.807) is 12.1 Å². The minimum absolute atomic E-state index is 0.523. The molecule has 14 heavy (non-hydrogen) atoms. The van der Waals surface area contributed by atoms with E-state index in [2.05, 4.69) is 4.98 Å². The monoisotopic (exact) mass is 210 g/mol. The second kappa shape index (κ2) is 2.97. The first-order valence-corrected chi connectivity index (χ1v) is 4.70. The Bertz CT molecular complexity index is 470. The number of hydrogen-bond donors (Lipinski definition) is 1. The lowest BCUT2D eigenvalue weighted by Crippen LogP contribution is -2.28. The van der Waals surface area contributed by atoms with Gasteiger partial charge in [-0.1, -0.05) is 11.6 Å². The molecule has 4 heteroatoms. The zero-order valence-corrected chi connectivity index (χ0v) is 8.80. The molecule has 0 radical (unpaired) electrons. The molecular formula is C10H11ClN2O. The molecule has 0 aliphatic carbocycles. The van der Waals surface area contributed by atoms with E-state index < -0.39 is 5.54 Å². The maximum absolute atomic E-state index is 5.87. The minimum atomic E-state index is -0.564. The summed E-state index contributed by atoms with van der Waals surface area (Å²) in [6.45, 7) is 3.69. The molecule has 1 aromatic heterocycles. The molecule has 0 aliphatic rings. The zero-order valence-electron chi connectivity index (χ0n) is 8.04. The van der Waals surface area contributed by atoms with Gasteiger partial charge in [-0.25, -0.2) is 4.98 Å². The van der Waals surface area contributed by atoms with Crippen molar-refractivity contribution in [3.05, 3.63) is 29.1 Å². The molecule has 1 heterocycles. The van der Waals surface area contributed by atoms with Crippen LogP contribution < -0.4 is 5.73 Å². The van der Waals surface area contributed by atoms with Crippen molar-refractivity contribution in [1.29, 1.82) is 0 Å². The first-order valence-electron chi connectivity index (χ1n) is 4.32. The van der Waals surface area contributed by atoms with Crippen LogP contribution in [0.15, 0.2) is 22.6 Å². The van der Waals surface area contributed by atoms with Gasteiger partial charge in [-0.05, 0) is 26.0 Å². The van der Waals surface area contributed by atoms with Crippen molar-refractivity contribution in [2.45, 2.75) is 19.4 Å². The number of nitrogens with two attached hydrogens (primary N) is 1. The molecule has 0 aliphatic heterocycles. The van der Waals surface area contributed by atoms with Crippen LogP contribution in [-0.4, -0.2) is 4.98 Å². The number of rotatable bonds is 1. The molecule has 0 fully saturated rings. The average molecular weight is 211 g/mol. The number of benzene rings is 1. The molecule has 3 nitrogen and oxygen atoms in total. The Morgan fingerprint density at radius 1 is 1.43 bits per heavy atom. The van der Waals surface area contributed by atoms with E-state index in [-0.39, 0.29) is 0 Å². The van der Waals surface area contributed by atoms with E-state index in [9.17, 15) is 0 Å². The van der Waals surface area contributed by atoms with Crippen LogP contribution in [-0.2, 0) is 5.54 Å². The first-order chi connectivity index (χ1) is 6.47. The Labute approximate surface area is 86.9 Å². The predicted octanol–water partition coefficient (Wildman–Crippen LogP) is 2.68. The predicted molar refractivity (Wildman–Crippen MR) is 56.2 cm³/mol. The summed E-state index contributed by atoms with van der Waals surface area (Å²) in [5.41, 5.74) is 6.76. The lowest BCUT2D eigenvalue weighted by molar-refractivity contribution is 0.394. The van der Waals surface area contributed by atoms with E-state index in [0.717, 1.165) is 5.52 Å². The zero-order chi connectivity index (χ0) is 10.3. The highest BCUT2D eigenvalue weighted by atomic mass is 35.5. The average Bonchev–Trinajstić information content (AvgIpc) is 2.45. The molecule has 0 saturated heterocycles. The molecule has 0 amide bonds. The lowest BCUT2D eigenvalue weighted by atomic mass is 10.1. The summed E-state index contributed by atoms with van der Waals surface area (Å²) in [4.78, 5) is 4.27. The van der Waals surface area contributed by atoms with Crippen LogP contribution >= 0.6 is 11.6 Å². The van der Waals surface area contributed by atoms with Crippen LogP contribution in [0.5, 0.6) is 0 Å². The van der Waals surface area contributed by atoms with E-state index in [1.807, 2.05) is 19.9 Å². The Morgan fingerprint density at radius 2 is 2.14 bits per heavy atom. The van der Waals surface area contributed by atoms with Crippen molar-refractivity contribution in [2.24, 2.45) is 5.73 Å². The fraction of sp³-hybridized carbons (Fsp3) is 0.300. The Balaban J connectivity index is 2.63. The highest BCUT2D eigenvalue weighted by molar-refractivity contribution is 6.31. The van der Waals surface area contributed by atoms with Crippen LogP contribution in [0.4, 0.5) is 0 Å². The molecule has 2 N–H and O–H groups in total. The summed E-state index contributed by atoms with van der Waals surface area (Å²) in [6.07, 6.45) is 0. The van der Waals surface area contributed by atoms with Gasteiger partial charge in [-0.15, -0.1) is 0 Å². The second-order valence-electron chi connectivity index (χ2n) is 3.85. The highest BCUT2D eigenvalue weighted by Crippen LogP contribution is 2.24. The Hall–Kier alpha value is -1.06. The maximum Gasteiger partial charge on any atom is 0.215 e. The second-order valence-corrected chi connectivity index (χ2v) is 4.29. The Morgan fingerprint density at radius 3 is 2.79 bits per heavy atom. The third kappa shape index (κ3) is 1.61. The van der Waals surface area contributed by atoms with E-state index in [0.29, 0.717) is 16.5 Å². The summed E-state index contributed by atoms with van der Waals surface area (Å²) in [5, 5.41) is 0.634. The molecule has 0 unspecified atom stereocenters. The molecule has 1 aromatic carbocycles. The molecule has 2 aromatic rings. The van der Waals surface area contributed by atoms with Gasteiger partial charge in [-0.2, -0.15) is 0 Å². The number of halogens is 1. The normalized spacial score (nSPS) is 12.3. The molecular weight excluding hydrogens is 200 g/mol. The lowest BCUT2D eigenvalue weighted by Gasteiger charge is -2.11. The summed E-state index contributed by atoms with van der Waals surface area (Å²) in [7, 11) is 0. The summed E-state index contributed by atoms with van der Waals surface area (Å²) in [5.74, 6) is 0.523. The topological polar surface area (TPSA) is 52.0 Å². The van der Waals surface area contributed by atoms with Crippen LogP contribution in [0.1, 0.15) is 19.7 Å². The Kier molecular flexibility index (Phi) is 2.01. The van der Waals surface area contributed by atoms with E-state index in [1.165, 1.54) is 0 Å². The van der Waals surface area contributed by atoms with Gasteiger partial charge in [0.25, 0.3) is 0 Å². The highest BCUT2D eigenvalue weighted by Gasteiger charge is 2.21. The minimum Gasteiger partial charge on any atom is -0.439 e. The van der Waals surface area contributed by atoms with Crippen molar-refractivity contribution in [3.63, 3.8) is 0 Å². The van der Waals surface area contributed by atoms with Gasteiger partial charge in [0.15, 0.2) is 5.58 Å². The van der Waals surface area contributed by atoms with Gasteiger partial charge in [0.2, 0.25) is 5.89 Å². The van der Waals surface area contributed by atoms with Crippen LogP contribution in [0.3, 0.4) is 0 Å². The van der Waals surface area contributed by atoms with E-state index >= 15 is 0 Å². The number of fused-ring (bicyclic) bond motifs is 1. The third-order valence-corrected chi connectivity index (χ3v) is 2.14. The molecule has 0 atom stereocenters. The SMILES string of the molecule is CC(C)(N)c1nc2ccc(Cl)cc2o1. The van der Waals surface area contributed by atoms with Crippen LogP contribution in [0.2, 0.25) is 5.02 Å². The van der Waals surface area contributed by atoms with Crippen molar-refractivity contribution in [1.82, 2.24) is 4.98 Å². The summed E-state index contributed by atoms with van der Waals surface area (Å²) in [6, 6.07) is 5.33. The maximum atomic E-state index is 5.87. The van der Waals surface area contributed by atoms with Gasteiger partial charge in [0.05, 0.1) is 5.54 Å². The quantitative estimate of drug-likeness (QED) is 0.788. The van der Waals surface area contributed by atoms with Crippen molar-refractivity contribution in [3.8, 4) is 0 Å². The molecule has 0 saturated carbocycles. The summed E-state index contributed by atoms with van der Waals surface area (Å²) >= 11 is 5.82. The van der Waals surface area contributed by atoms with Crippen LogP contribution in [0, 0.1) is 0 Å². The number of oxazole rings is 1. The molecule has 0 spiro atoms. The van der Waals surface area contributed by atoms with Gasteiger partial charge >= 0.3 is 0 Å². The smallest absolute Gasteiger partial charge is 0.215 e. The van der Waals surface area contributed by atoms with Gasteiger partial charge < -0.3 is 10.2 Å². The fourth-order valence-electron chi connectivity index (χ4n) is 1.17. The molecule has 0 bridgehead atoms. The fourth-order valence-corrected chi connectivity index (χ4v) is 1.34. The van der Waals surface area contributed by atoms with Gasteiger partial charge in [0.1, 0.15) is 5.52 Å². The van der Waals surface area contributed by atoms with Gasteiger partial charge in [-0.3, -0.25) is 0 Å².